The summed E-state index contributed by atoms with van der Waals surface area (Å²) in [6.45, 7) is 10.7. The molecule has 0 amide bonds. The summed E-state index contributed by atoms with van der Waals surface area (Å²) in [6, 6.07) is 0.566. The topological polar surface area (TPSA) is 75.9 Å². The van der Waals surface area contributed by atoms with Gasteiger partial charge < -0.3 is 15.0 Å². The number of hydrogen-bond acceptors (Lipinski definition) is 5. The molecule has 0 unspecified atom stereocenters. The van der Waals surface area contributed by atoms with Gasteiger partial charge in [0.05, 0.1) is 6.33 Å². The Labute approximate surface area is 168 Å². The molecule has 0 aromatic carbocycles. The molecule has 0 spiro atoms. The van der Waals surface area contributed by atoms with Gasteiger partial charge in [-0.25, -0.2) is 15.0 Å². The molecule has 0 saturated heterocycles. The first-order valence-corrected chi connectivity index (χ1v) is 10.6. The first-order chi connectivity index (χ1) is 13.3. The number of fused-ring (bicyclic) bond motifs is 1. The van der Waals surface area contributed by atoms with Crippen LogP contribution in [0.1, 0.15) is 85.0 Å². The molecular formula is C22H33N5O. The lowest BCUT2D eigenvalue weighted by atomic mass is 9.79. The van der Waals surface area contributed by atoms with Crippen molar-refractivity contribution in [1.29, 1.82) is 0 Å². The Morgan fingerprint density at radius 2 is 2.07 bits per heavy atom. The molecule has 6 nitrogen and oxygen atoms in total. The van der Waals surface area contributed by atoms with Gasteiger partial charge >= 0.3 is 0 Å². The highest BCUT2D eigenvalue weighted by Crippen LogP contribution is 2.31. The smallest absolute Gasteiger partial charge is 0.209 e. The molecule has 1 aliphatic rings. The minimum absolute atomic E-state index is 0.241. The summed E-state index contributed by atoms with van der Waals surface area (Å²) in [4.78, 5) is 13.9. The Balaban J connectivity index is 2.03. The van der Waals surface area contributed by atoms with E-state index in [9.17, 15) is 5.11 Å². The largest absolute Gasteiger partial charge is 0.378 e. The maximum Gasteiger partial charge on any atom is 0.209 e. The lowest BCUT2D eigenvalue weighted by Gasteiger charge is -2.30. The fourth-order valence-corrected chi connectivity index (χ4v) is 3.95. The van der Waals surface area contributed by atoms with E-state index >= 15 is 0 Å². The van der Waals surface area contributed by atoms with Crippen LogP contribution in [0.4, 0.5) is 5.82 Å². The van der Waals surface area contributed by atoms with Gasteiger partial charge in [0.1, 0.15) is 5.60 Å². The van der Waals surface area contributed by atoms with E-state index in [1.807, 2.05) is 10.9 Å². The van der Waals surface area contributed by atoms with Gasteiger partial charge in [-0.3, -0.25) is 0 Å². The van der Waals surface area contributed by atoms with Crippen molar-refractivity contribution in [1.82, 2.24) is 19.5 Å². The zero-order chi connectivity index (χ0) is 20.3. The molecule has 3 rings (SSSR count). The summed E-state index contributed by atoms with van der Waals surface area (Å²) in [5.41, 5.74) is 0.625. The van der Waals surface area contributed by atoms with E-state index < -0.39 is 5.60 Å². The second-order valence-electron chi connectivity index (χ2n) is 8.45. The molecule has 28 heavy (non-hydrogen) atoms. The number of rotatable bonds is 5. The third-order valence-corrected chi connectivity index (χ3v) is 5.68. The van der Waals surface area contributed by atoms with Crippen LogP contribution in [0.3, 0.4) is 0 Å². The fraction of sp³-hybridized carbons (Fsp3) is 0.682. The van der Waals surface area contributed by atoms with Crippen molar-refractivity contribution >= 4 is 17.0 Å². The van der Waals surface area contributed by atoms with Crippen LogP contribution in [0.15, 0.2) is 6.33 Å². The third kappa shape index (κ3) is 4.47. The van der Waals surface area contributed by atoms with Crippen LogP contribution in [0.2, 0.25) is 0 Å². The highest BCUT2D eigenvalue weighted by molar-refractivity contribution is 5.83. The maximum atomic E-state index is 10.8. The molecule has 1 aliphatic carbocycles. The van der Waals surface area contributed by atoms with Crippen LogP contribution in [0.5, 0.6) is 0 Å². The number of hydrogen-bond donors (Lipinski definition) is 2. The Morgan fingerprint density at radius 1 is 1.32 bits per heavy atom. The molecular weight excluding hydrogens is 350 g/mol. The highest BCUT2D eigenvalue weighted by atomic mass is 16.3. The van der Waals surface area contributed by atoms with Gasteiger partial charge in [-0.2, -0.15) is 0 Å². The van der Waals surface area contributed by atoms with E-state index in [4.69, 9.17) is 0 Å². The van der Waals surface area contributed by atoms with Crippen molar-refractivity contribution in [3.8, 4) is 11.8 Å². The second kappa shape index (κ2) is 8.48. The van der Waals surface area contributed by atoms with Crippen molar-refractivity contribution in [3.05, 3.63) is 12.2 Å². The lowest BCUT2D eigenvalue weighted by molar-refractivity contribution is 0.0410. The van der Waals surface area contributed by atoms with Crippen molar-refractivity contribution in [2.24, 2.45) is 5.92 Å². The molecule has 2 heterocycles. The molecule has 0 aliphatic heterocycles. The Hall–Kier alpha value is -2.13. The molecule has 0 bridgehead atoms. The average molecular weight is 384 g/mol. The molecule has 2 aromatic rings. The Bertz CT molecular complexity index is 874. The molecule has 2 atom stereocenters. The van der Waals surface area contributed by atoms with E-state index in [0.717, 1.165) is 49.1 Å². The molecule has 0 radical (unpaired) electrons. The summed E-state index contributed by atoms with van der Waals surface area (Å²) < 4.78 is 2.04. The SMILES string of the molecule is CCC(CC)Nc1nc(C#C[C@]2(O)CCC[C@@H](C)C2)nc2c1ncn2C(C)C. The van der Waals surface area contributed by atoms with E-state index in [-0.39, 0.29) is 6.04 Å². The molecule has 6 heteroatoms. The predicted octanol–water partition coefficient (Wildman–Crippen LogP) is 4.30. The summed E-state index contributed by atoms with van der Waals surface area (Å²) in [6.07, 6.45) is 7.42. The van der Waals surface area contributed by atoms with Crippen LogP contribution < -0.4 is 5.32 Å². The van der Waals surface area contributed by atoms with Crippen LogP contribution in [-0.4, -0.2) is 36.3 Å². The van der Waals surface area contributed by atoms with Gasteiger partial charge in [0.2, 0.25) is 5.82 Å². The normalized spacial score (nSPS) is 22.5. The van der Waals surface area contributed by atoms with Crippen molar-refractivity contribution in [2.75, 3.05) is 5.32 Å². The first-order valence-electron chi connectivity index (χ1n) is 10.6. The monoisotopic (exact) mass is 383 g/mol. The van der Waals surface area contributed by atoms with Crippen LogP contribution in [-0.2, 0) is 0 Å². The quantitative estimate of drug-likeness (QED) is 0.753. The van der Waals surface area contributed by atoms with Gasteiger partial charge in [-0.15, -0.1) is 0 Å². The summed E-state index contributed by atoms with van der Waals surface area (Å²) >= 11 is 0. The fourth-order valence-electron chi connectivity index (χ4n) is 3.95. The summed E-state index contributed by atoms with van der Waals surface area (Å²) in [5.74, 6) is 7.81. The van der Waals surface area contributed by atoms with E-state index in [2.05, 4.69) is 66.7 Å². The van der Waals surface area contributed by atoms with Gasteiger partial charge in [0.25, 0.3) is 0 Å². The molecule has 152 valence electrons. The minimum Gasteiger partial charge on any atom is -0.378 e. The third-order valence-electron chi connectivity index (χ3n) is 5.68. The van der Waals surface area contributed by atoms with Gasteiger partial charge in [-0.1, -0.05) is 33.1 Å². The van der Waals surface area contributed by atoms with Crippen molar-refractivity contribution in [2.45, 2.75) is 90.8 Å². The number of aromatic nitrogens is 4. The Morgan fingerprint density at radius 3 is 2.71 bits per heavy atom. The second-order valence-corrected chi connectivity index (χ2v) is 8.45. The van der Waals surface area contributed by atoms with Crippen LogP contribution >= 0.6 is 0 Å². The highest BCUT2D eigenvalue weighted by Gasteiger charge is 2.30. The van der Waals surface area contributed by atoms with Gasteiger partial charge in [0.15, 0.2) is 17.0 Å². The van der Waals surface area contributed by atoms with Gasteiger partial charge in [-0.05, 0) is 57.8 Å². The molecule has 2 aromatic heterocycles. The molecule has 1 saturated carbocycles. The number of imidazole rings is 1. The number of nitrogens with one attached hydrogen (secondary N) is 1. The van der Waals surface area contributed by atoms with Crippen molar-refractivity contribution in [3.63, 3.8) is 0 Å². The number of anilines is 1. The predicted molar refractivity (Wildman–Crippen MR) is 113 cm³/mol. The van der Waals surface area contributed by atoms with Crippen LogP contribution in [0.25, 0.3) is 11.2 Å². The number of aliphatic hydroxyl groups is 1. The first kappa shape index (κ1) is 20.6. The van der Waals surface area contributed by atoms with Crippen molar-refractivity contribution < 1.29 is 5.11 Å². The summed E-state index contributed by atoms with van der Waals surface area (Å²) in [7, 11) is 0. The zero-order valence-electron chi connectivity index (χ0n) is 17.8. The van der Waals surface area contributed by atoms with Crippen LogP contribution in [0, 0.1) is 17.8 Å². The van der Waals surface area contributed by atoms with E-state index in [1.54, 1.807) is 0 Å². The summed E-state index contributed by atoms with van der Waals surface area (Å²) in [5, 5.41) is 14.4. The maximum absolute atomic E-state index is 10.8. The minimum atomic E-state index is -0.933. The molecule has 1 fully saturated rings. The zero-order valence-corrected chi connectivity index (χ0v) is 17.8. The number of nitrogens with zero attached hydrogens (tertiary/aromatic N) is 4. The van der Waals surface area contributed by atoms with Gasteiger partial charge in [0, 0.05) is 12.1 Å². The average Bonchev–Trinajstić information content (AvgIpc) is 3.08. The lowest BCUT2D eigenvalue weighted by Crippen LogP contribution is -2.32. The standard InChI is InChI=1S/C22H33N5O/c1-6-17(7-2)24-20-19-21(27(14-23-19)15(3)4)26-18(25-20)10-12-22(28)11-8-9-16(5)13-22/h14-17,28H,6-9,11,13H2,1-5H3,(H,24,25,26)/t16-,22-/m1/s1. The Kier molecular flexibility index (Phi) is 6.24. The van der Waals surface area contributed by atoms with E-state index in [0.29, 0.717) is 24.2 Å². The molecule has 2 N–H and O–H groups in total. The van der Waals surface area contributed by atoms with E-state index in [1.165, 1.54) is 0 Å².